The van der Waals surface area contributed by atoms with Crippen LogP contribution in [0.5, 0.6) is 0 Å². The number of anilines is 1. The molecule has 1 aliphatic rings. The van der Waals surface area contributed by atoms with E-state index < -0.39 is 0 Å². The average Bonchev–Trinajstić information content (AvgIpc) is 3.14. The maximum Gasteiger partial charge on any atom is 0.0330 e. The first-order chi connectivity index (χ1) is 9.31. The summed E-state index contributed by atoms with van der Waals surface area (Å²) in [6, 6.07) is 13.5. The van der Waals surface area contributed by atoms with Crippen molar-refractivity contribution in [3.8, 4) is 0 Å². The monoisotopic (exact) mass is 272 g/mol. The molecule has 3 rings (SSSR count). The van der Waals surface area contributed by atoms with Gasteiger partial charge < -0.3 is 5.73 Å². The summed E-state index contributed by atoms with van der Waals surface area (Å²) in [5.41, 5.74) is 7.95. The molecule has 19 heavy (non-hydrogen) atoms. The summed E-state index contributed by atoms with van der Waals surface area (Å²) < 4.78 is 0. The molecular weight excluding hydrogens is 252 g/mol. The first-order valence-electron chi connectivity index (χ1n) is 6.92. The molecule has 0 saturated heterocycles. The summed E-state index contributed by atoms with van der Waals surface area (Å²) in [5, 5.41) is 2.17. The van der Waals surface area contributed by atoms with Gasteiger partial charge in [-0.1, -0.05) is 18.2 Å². The van der Waals surface area contributed by atoms with Gasteiger partial charge in [0.15, 0.2) is 0 Å². The molecule has 2 aromatic rings. The van der Waals surface area contributed by atoms with E-state index in [-0.39, 0.29) is 0 Å². The number of hydrogen-bond donors (Lipinski definition) is 1. The molecule has 2 N–H and O–H groups in total. The number of benzene rings is 1. The van der Waals surface area contributed by atoms with Gasteiger partial charge in [0.25, 0.3) is 0 Å². The standard InChI is InChI=1S/C16H20N2S/c17-14-5-3-13(4-6-14)9-10-18(15-7-8-15)12-16-2-1-11-19-16/h1-6,11,15H,7-10,12,17H2. The number of nitrogens with zero attached hydrogens (tertiary/aromatic N) is 1. The number of thiophene rings is 1. The van der Waals surface area contributed by atoms with Gasteiger partial charge in [-0.2, -0.15) is 0 Å². The molecule has 2 nitrogen and oxygen atoms in total. The van der Waals surface area contributed by atoms with Crippen molar-refractivity contribution in [3.63, 3.8) is 0 Å². The van der Waals surface area contributed by atoms with Crippen molar-refractivity contribution in [2.75, 3.05) is 12.3 Å². The van der Waals surface area contributed by atoms with Crippen molar-refractivity contribution < 1.29 is 0 Å². The quantitative estimate of drug-likeness (QED) is 0.815. The van der Waals surface area contributed by atoms with Gasteiger partial charge in [0.2, 0.25) is 0 Å². The van der Waals surface area contributed by atoms with Crippen LogP contribution in [0.3, 0.4) is 0 Å². The zero-order chi connectivity index (χ0) is 13.1. The number of hydrogen-bond acceptors (Lipinski definition) is 3. The van der Waals surface area contributed by atoms with E-state index in [0.717, 1.165) is 31.2 Å². The number of nitrogens with two attached hydrogens (primary N) is 1. The maximum absolute atomic E-state index is 5.72. The van der Waals surface area contributed by atoms with Gasteiger partial charge in [-0.25, -0.2) is 0 Å². The Morgan fingerprint density at radius 1 is 1.16 bits per heavy atom. The Balaban J connectivity index is 1.57. The third kappa shape index (κ3) is 3.58. The molecule has 1 aromatic heterocycles. The van der Waals surface area contributed by atoms with E-state index in [1.165, 1.54) is 23.3 Å². The molecule has 3 heteroatoms. The lowest BCUT2D eigenvalue weighted by Gasteiger charge is -2.21. The zero-order valence-electron chi connectivity index (χ0n) is 11.1. The summed E-state index contributed by atoms with van der Waals surface area (Å²) >= 11 is 1.86. The van der Waals surface area contributed by atoms with Crippen molar-refractivity contribution in [3.05, 3.63) is 52.2 Å². The van der Waals surface area contributed by atoms with E-state index in [1.807, 2.05) is 23.5 Å². The van der Waals surface area contributed by atoms with Crippen LogP contribution >= 0.6 is 11.3 Å². The molecule has 0 spiro atoms. The number of rotatable bonds is 6. The summed E-state index contributed by atoms with van der Waals surface area (Å²) in [4.78, 5) is 4.10. The molecule has 100 valence electrons. The Bertz CT molecular complexity index is 500. The zero-order valence-corrected chi connectivity index (χ0v) is 11.9. The first-order valence-corrected chi connectivity index (χ1v) is 7.80. The van der Waals surface area contributed by atoms with Crippen LogP contribution in [0, 0.1) is 0 Å². The number of nitrogen functional groups attached to an aromatic ring is 1. The van der Waals surface area contributed by atoms with E-state index in [9.17, 15) is 0 Å². The molecule has 1 saturated carbocycles. The highest BCUT2D eigenvalue weighted by Crippen LogP contribution is 2.29. The van der Waals surface area contributed by atoms with E-state index in [4.69, 9.17) is 5.73 Å². The van der Waals surface area contributed by atoms with Crippen LogP contribution in [-0.4, -0.2) is 17.5 Å². The van der Waals surface area contributed by atoms with Crippen LogP contribution in [-0.2, 0) is 13.0 Å². The Morgan fingerprint density at radius 3 is 2.58 bits per heavy atom. The SMILES string of the molecule is Nc1ccc(CCN(Cc2cccs2)C2CC2)cc1. The molecule has 0 aliphatic heterocycles. The Morgan fingerprint density at radius 2 is 1.95 bits per heavy atom. The minimum atomic E-state index is 0.816. The van der Waals surface area contributed by atoms with Gasteiger partial charge in [0, 0.05) is 29.7 Å². The lowest BCUT2D eigenvalue weighted by Crippen LogP contribution is -2.27. The van der Waals surface area contributed by atoms with E-state index in [2.05, 4.69) is 34.5 Å². The van der Waals surface area contributed by atoms with Crippen molar-refractivity contribution in [2.45, 2.75) is 31.8 Å². The topological polar surface area (TPSA) is 29.3 Å². The van der Waals surface area contributed by atoms with Gasteiger partial charge in [-0.15, -0.1) is 11.3 Å². The van der Waals surface area contributed by atoms with E-state index in [0.29, 0.717) is 0 Å². The smallest absolute Gasteiger partial charge is 0.0330 e. The molecule has 1 heterocycles. The predicted molar refractivity (Wildman–Crippen MR) is 82.3 cm³/mol. The van der Waals surface area contributed by atoms with Crippen LogP contribution in [0.25, 0.3) is 0 Å². The summed E-state index contributed by atoms with van der Waals surface area (Å²) in [6.07, 6.45) is 3.85. The van der Waals surface area contributed by atoms with Gasteiger partial charge in [-0.3, -0.25) is 4.90 Å². The Labute approximate surface area is 118 Å². The average molecular weight is 272 g/mol. The lowest BCUT2D eigenvalue weighted by molar-refractivity contribution is 0.260. The second-order valence-electron chi connectivity index (χ2n) is 5.27. The molecule has 1 aliphatic carbocycles. The third-order valence-electron chi connectivity index (χ3n) is 3.67. The minimum absolute atomic E-state index is 0.816. The van der Waals surface area contributed by atoms with Crippen molar-refractivity contribution in [1.82, 2.24) is 4.90 Å². The van der Waals surface area contributed by atoms with Gasteiger partial charge in [0.1, 0.15) is 0 Å². The van der Waals surface area contributed by atoms with E-state index >= 15 is 0 Å². The molecule has 1 fully saturated rings. The predicted octanol–water partition coefficient (Wildman–Crippen LogP) is 3.54. The summed E-state index contributed by atoms with van der Waals surface area (Å²) in [6.45, 7) is 2.25. The van der Waals surface area contributed by atoms with E-state index in [1.54, 1.807) is 0 Å². The molecule has 0 unspecified atom stereocenters. The lowest BCUT2D eigenvalue weighted by atomic mass is 10.1. The fraction of sp³-hybridized carbons (Fsp3) is 0.375. The second-order valence-corrected chi connectivity index (χ2v) is 6.30. The largest absolute Gasteiger partial charge is 0.399 e. The van der Waals surface area contributed by atoms with Crippen LogP contribution in [0.2, 0.25) is 0 Å². The van der Waals surface area contributed by atoms with Gasteiger partial charge >= 0.3 is 0 Å². The molecule has 1 aromatic carbocycles. The highest BCUT2D eigenvalue weighted by atomic mass is 32.1. The van der Waals surface area contributed by atoms with Gasteiger partial charge in [-0.05, 0) is 48.4 Å². The molecule has 0 atom stereocenters. The molecule has 0 amide bonds. The van der Waals surface area contributed by atoms with Crippen LogP contribution in [0.15, 0.2) is 41.8 Å². The fourth-order valence-electron chi connectivity index (χ4n) is 2.39. The maximum atomic E-state index is 5.72. The first kappa shape index (κ1) is 12.7. The fourth-order valence-corrected chi connectivity index (χ4v) is 3.12. The molecule has 0 bridgehead atoms. The molecular formula is C16H20N2S. The van der Waals surface area contributed by atoms with Crippen LogP contribution < -0.4 is 5.73 Å². The second kappa shape index (κ2) is 5.76. The summed E-state index contributed by atoms with van der Waals surface area (Å²) in [7, 11) is 0. The summed E-state index contributed by atoms with van der Waals surface area (Å²) in [5.74, 6) is 0. The Kier molecular flexibility index (Phi) is 3.85. The third-order valence-corrected chi connectivity index (χ3v) is 4.53. The highest BCUT2D eigenvalue weighted by Gasteiger charge is 2.28. The van der Waals surface area contributed by atoms with Crippen molar-refractivity contribution >= 4 is 17.0 Å². The van der Waals surface area contributed by atoms with Gasteiger partial charge in [0.05, 0.1) is 0 Å². The highest BCUT2D eigenvalue weighted by molar-refractivity contribution is 7.09. The van der Waals surface area contributed by atoms with Crippen LogP contribution in [0.4, 0.5) is 5.69 Å². The van der Waals surface area contributed by atoms with Crippen molar-refractivity contribution in [1.29, 1.82) is 0 Å². The molecule has 0 radical (unpaired) electrons. The van der Waals surface area contributed by atoms with Crippen LogP contribution in [0.1, 0.15) is 23.3 Å². The normalized spacial score (nSPS) is 15.0. The minimum Gasteiger partial charge on any atom is -0.399 e. The Hall–Kier alpha value is -1.32. The van der Waals surface area contributed by atoms with Crippen molar-refractivity contribution in [2.24, 2.45) is 0 Å².